The number of benzene rings is 3. The molecule has 0 saturated carbocycles. The van der Waals surface area contributed by atoms with E-state index in [4.69, 9.17) is 23.7 Å². The van der Waals surface area contributed by atoms with Crippen molar-refractivity contribution in [3.05, 3.63) is 77.4 Å². The molecule has 3 aromatic carbocycles. The highest BCUT2D eigenvalue weighted by Gasteiger charge is 2.34. The van der Waals surface area contributed by atoms with E-state index in [-0.39, 0.29) is 56.5 Å². The van der Waals surface area contributed by atoms with E-state index >= 15 is 0 Å². The zero-order valence-electron chi connectivity index (χ0n) is 26.2. The van der Waals surface area contributed by atoms with E-state index in [1.807, 2.05) is 67.6 Å². The summed E-state index contributed by atoms with van der Waals surface area (Å²) >= 11 is 0. The summed E-state index contributed by atoms with van der Waals surface area (Å²) in [6, 6.07) is 18.4. The molecule has 0 radical (unpaired) electrons. The van der Waals surface area contributed by atoms with Gasteiger partial charge in [-0.3, -0.25) is 14.4 Å². The Labute approximate surface area is 268 Å². The molecule has 11 nitrogen and oxygen atoms in total. The lowest BCUT2D eigenvalue weighted by molar-refractivity contribution is -0.139. The highest BCUT2D eigenvalue weighted by atomic mass is 16.7. The van der Waals surface area contributed by atoms with Crippen LogP contribution in [0.25, 0.3) is 0 Å². The van der Waals surface area contributed by atoms with Crippen LogP contribution in [0.1, 0.15) is 36.5 Å². The van der Waals surface area contributed by atoms with Crippen molar-refractivity contribution in [1.29, 1.82) is 0 Å². The second-order valence-electron chi connectivity index (χ2n) is 11.7. The van der Waals surface area contributed by atoms with Gasteiger partial charge in [-0.1, -0.05) is 24.3 Å². The maximum Gasteiger partial charge on any atom is 0.239 e. The zero-order valence-corrected chi connectivity index (χ0v) is 26.2. The number of carbonyl (C=O) groups is 3. The Kier molecular flexibility index (Phi) is 9.58. The maximum absolute atomic E-state index is 13.4. The van der Waals surface area contributed by atoms with Gasteiger partial charge in [-0.15, -0.1) is 0 Å². The number of nitrogens with one attached hydrogen (secondary N) is 1. The number of fused-ring (bicyclic) bond motifs is 6. The van der Waals surface area contributed by atoms with E-state index in [1.54, 1.807) is 16.9 Å². The smallest absolute Gasteiger partial charge is 0.239 e. The van der Waals surface area contributed by atoms with Crippen molar-refractivity contribution < 1.29 is 38.1 Å². The average Bonchev–Trinajstić information content (AvgIpc) is 3.53. The molecular formula is C35H39N3O8. The van der Waals surface area contributed by atoms with Crippen molar-refractivity contribution >= 4 is 17.7 Å². The van der Waals surface area contributed by atoms with Gasteiger partial charge >= 0.3 is 0 Å². The lowest BCUT2D eigenvalue weighted by atomic mass is 10.00. The number of likely N-dealkylation sites (N-methyl/N-ethyl adjacent to an activating group) is 1. The minimum Gasteiger partial charge on any atom is -0.493 e. The third kappa shape index (κ3) is 7.37. The molecule has 1 N–H and O–H groups in total. The molecule has 1 fully saturated rings. The third-order valence-electron chi connectivity index (χ3n) is 8.57. The Morgan fingerprint density at radius 1 is 0.978 bits per heavy atom. The third-order valence-corrected chi connectivity index (χ3v) is 8.57. The van der Waals surface area contributed by atoms with Crippen molar-refractivity contribution in [1.82, 2.24) is 15.1 Å². The summed E-state index contributed by atoms with van der Waals surface area (Å²) in [6.07, 6.45) is 0.993. The number of amides is 3. The minimum absolute atomic E-state index is 0.0407. The molecule has 2 atom stereocenters. The number of carbonyl (C=O) groups excluding carboxylic acids is 3. The largest absolute Gasteiger partial charge is 0.493 e. The van der Waals surface area contributed by atoms with Crippen molar-refractivity contribution in [3.8, 4) is 28.7 Å². The number of ether oxygens (including phenoxy) is 5. The molecule has 0 unspecified atom stereocenters. The van der Waals surface area contributed by atoms with E-state index in [1.165, 1.54) is 0 Å². The Hall–Kier alpha value is -4.77. The highest BCUT2D eigenvalue weighted by Crippen LogP contribution is 2.34. The van der Waals surface area contributed by atoms with E-state index in [0.717, 1.165) is 16.7 Å². The number of likely N-dealkylation sites (tertiary alicyclic amines) is 1. The molecule has 46 heavy (non-hydrogen) atoms. The molecule has 0 aliphatic carbocycles. The average molecular weight is 630 g/mol. The van der Waals surface area contributed by atoms with Crippen LogP contribution >= 0.6 is 0 Å². The van der Waals surface area contributed by atoms with Crippen molar-refractivity contribution in [2.75, 3.05) is 40.1 Å². The van der Waals surface area contributed by atoms with Gasteiger partial charge in [0.1, 0.15) is 5.75 Å². The molecule has 3 aliphatic heterocycles. The number of aryl methyl sites for hydroxylation is 1. The summed E-state index contributed by atoms with van der Waals surface area (Å²) in [4.78, 5) is 43.2. The Morgan fingerprint density at radius 3 is 2.70 bits per heavy atom. The predicted octanol–water partition coefficient (Wildman–Crippen LogP) is 3.86. The Balaban J connectivity index is 1.22. The van der Waals surface area contributed by atoms with Crippen molar-refractivity contribution in [2.24, 2.45) is 0 Å². The van der Waals surface area contributed by atoms with Gasteiger partial charge in [-0.05, 0) is 72.9 Å². The molecule has 242 valence electrons. The summed E-state index contributed by atoms with van der Waals surface area (Å²) < 4.78 is 29.1. The monoisotopic (exact) mass is 629 g/mol. The molecule has 1 saturated heterocycles. The van der Waals surface area contributed by atoms with Crippen LogP contribution in [-0.2, 0) is 38.6 Å². The van der Waals surface area contributed by atoms with Gasteiger partial charge in [-0.25, -0.2) is 0 Å². The normalized spacial score (nSPS) is 20.1. The fraction of sp³-hybridized carbons (Fsp3) is 0.400. The lowest BCUT2D eigenvalue weighted by Crippen LogP contribution is -2.57. The first-order valence-electron chi connectivity index (χ1n) is 15.7. The standard InChI is InChI=1S/C35H39N3O8/c1-3-37-20-33(39)36-27-13-14-38(35(41)18-24-8-11-29-30(17-24)45-22-44-29)19-32(27)43-21-25-5-4-6-26(15-25)46-31-16-23(9-12-34(37)40)7-10-28(31)42-2/h4-8,10-11,15-17,27,32H,3,9,12-14,18-22H2,1-2H3,(H,36,39)/t27-,32-/m0/s1. The van der Waals surface area contributed by atoms with Crippen LogP contribution in [-0.4, -0.2) is 79.7 Å². The van der Waals surface area contributed by atoms with Gasteiger partial charge in [0.15, 0.2) is 23.0 Å². The minimum atomic E-state index is -0.468. The van der Waals surface area contributed by atoms with Crippen molar-refractivity contribution in [3.63, 3.8) is 0 Å². The van der Waals surface area contributed by atoms with Gasteiger partial charge in [0, 0.05) is 26.1 Å². The molecular weight excluding hydrogens is 590 g/mol. The fourth-order valence-corrected chi connectivity index (χ4v) is 6.01. The zero-order chi connectivity index (χ0) is 32.0. The molecule has 0 aromatic heterocycles. The number of hydrogen-bond acceptors (Lipinski definition) is 8. The van der Waals surface area contributed by atoms with Gasteiger partial charge in [0.25, 0.3) is 0 Å². The van der Waals surface area contributed by atoms with Crippen LogP contribution in [0.5, 0.6) is 28.7 Å². The molecule has 3 aliphatic rings. The number of rotatable bonds is 4. The summed E-state index contributed by atoms with van der Waals surface area (Å²) in [5.74, 6) is 2.63. The molecule has 3 amide bonds. The second kappa shape index (κ2) is 14.1. The molecule has 11 heteroatoms. The van der Waals surface area contributed by atoms with Gasteiger partial charge < -0.3 is 38.8 Å². The van der Waals surface area contributed by atoms with Gasteiger partial charge in [-0.2, -0.15) is 0 Å². The topological polar surface area (TPSA) is 116 Å². The summed E-state index contributed by atoms with van der Waals surface area (Å²) in [5.41, 5.74) is 2.64. The van der Waals surface area contributed by atoms with Crippen LogP contribution in [0, 0.1) is 0 Å². The molecule has 3 aromatic rings. The first-order valence-corrected chi connectivity index (χ1v) is 15.7. The lowest BCUT2D eigenvalue weighted by Gasteiger charge is -2.39. The number of nitrogens with zero attached hydrogens (tertiary/aromatic N) is 2. The Bertz CT molecular complexity index is 1590. The van der Waals surface area contributed by atoms with E-state index < -0.39 is 6.10 Å². The summed E-state index contributed by atoms with van der Waals surface area (Å²) in [5, 5.41) is 3.10. The van der Waals surface area contributed by atoms with Crippen LogP contribution in [0.2, 0.25) is 0 Å². The number of methoxy groups -OCH3 is 1. The Morgan fingerprint density at radius 2 is 1.85 bits per heavy atom. The van der Waals surface area contributed by atoms with E-state index in [9.17, 15) is 14.4 Å². The molecule has 0 spiro atoms. The summed E-state index contributed by atoms with van der Waals surface area (Å²) in [6.45, 7) is 3.41. The van der Waals surface area contributed by atoms with Gasteiger partial charge in [0.05, 0.1) is 38.8 Å². The first-order chi connectivity index (χ1) is 22.4. The van der Waals surface area contributed by atoms with Crippen LogP contribution in [0.3, 0.4) is 0 Å². The molecule has 4 bridgehead atoms. The predicted molar refractivity (Wildman–Crippen MR) is 168 cm³/mol. The molecule has 3 heterocycles. The van der Waals surface area contributed by atoms with Crippen LogP contribution in [0.15, 0.2) is 60.7 Å². The van der Waals surface area contributed by atoms with Crippen LogP contribution in [0.4, 0.5) is 0 Å². The highest BCUT2D eigenvalue weighted by molar-refractivity contribution is 5.85. The van der Waals surface area contributed by atoms with E-state index in [2.05, 4.69) is 5.32 Å². The van der Waals surface area contributed by atoms with E-state index in [0.29, 0.717) is 61.2 Å². The van der Waals surface area contributed by atoms with Crippen molar-refractivity contribution in [2.45, 2.75) is 51.4 Å². The molecule has 6 rings (SSSR count). The SMILES string of the molecule is CCN1CC(=O)N[C@H]2CCN(C(=O)Cc3ccc4c(c3)OCO4)C[C@@H]2OCc2cccc(c2)Oc2cc(ccc2OC)CCC1=O. The van der Waals surface area contributed by atoms with Gasteiger partial charge in [0.2, 0.25) is 24.5 Å². The fourth-order valence-electron chi connectivity index (χ4n) is 6.01. The number of piperidine rings is 1. The first kappa shape index (κ1) is 31.2. The van der Waals surface area contributed by atoms with Crippen LogP contribution < -0.4 is 24.3 Å². The number of hydrogen-bond donors (Lipinski definition) is 1. The maximum atomic E-state index is 13.4. The second-order valence-corrected chi connectivity index (χ2v) is 11.7. The summed E-state index contributed by atoms with van der Waals surface area (Å²) in [7, 11) is 1.59. The quantitative estimate of drug-likeness (QED) is 0.463.